The first kappa shape index (κ1) is 62.1. The minimum Gasteiger partial charge on any atom is -0.391 e. The topological polar surface area (TPSA) is 129 Å². The summed E-state index contributed by atoms with van der Waals surface area (Å²) >= 11 is 0. The average Bonchev–Trinajstić information content (AvgIpc) is 3.25. The van der Waals surface area contributed by atoms with Gasteiger partial charge in [0.1, 0.15) is 0 Å². The zero-order valence-electron chi connectivity index (χ0n) is 50.1. The van der Waals surface area contributed by atoms with Gasteiger partial charge in [-0.1, -0.05) is 237 Å². The summed E-state index contributed by atoms with van der Waals surface area (Å²) in [5, 5.41) is 4.48. The molecular weight excluding hydrogens is 1140 g/mol. The summed E-state index contributed by atoms with van der Waals surface area (Å²) in [6.07, 6.45) is 0. The summed E-state index contributed by atoms with van der Waals surface area (Å²) in [7, 11) is -46.8. The van der Waals surface area contributed by atoms with E-state index in [1.54, 1.807) is 0 Å². The third kappa shape index (κ3) is 10.4. The van der Waals surface area contributed by atoms with Crippen molar-refractivity contribution in [2.24, 2.45) is 0 Å². The fourth-order valence-corrected chi connectivity index (χ4v) is 79.9. The lowest BCUT2D eigenvalue weighted by molar-refractivity contribution is -0.0149. The minimum atomic E-state index is -4.44. The first-order chi connectivity index (χ1) is 33.8. The van der Waals surface area contributed by atoms with Crippen molar-refractivity contribution in [1.82, 2.24) is 0 Å². The van der Waals surface area contributed by atoms with E-state index in [4.69, 9.17) is 57.6 Å². The van der Waals surface area contributed by atoms with Crippen LogP contribution in [-0.2, 0) is 57.6 Å². The Kier molecular flexibility index (Phi) is 17.4. The summed E-state index contributed by atoms with van der Waals surface area (Å²) in [6.45, 7) is 57.0. The van der Waals surface area contributed by atoms with Gasteiger partial charge in [-0.2, -0.15) is 0 Å². The molecule has 5 saturated heterocycles. The van der Waals surface area contributed by atoms with Crippen molar-refractivity contribution in [3.8, 4) is 0 Å². The lowest BCUT2D eigenvalue weighted by Crippen LogP contribution is -2.89. The van der Waals surface area contributed by atoms with Crippen LogP contribution >= 0.6 is 0 Å². The molecule has 0 aromatic heterocycles. The van der Waals surface area contributed by atoms with Gasteiger partial charge in [0.05, 0.1) is 16.1 Å². The fourth-order valence-electron chi connectivity index (χ4n) is 9.98. The summed E-state index contributed by atoms with van der Waals surface area (Å²) in [5.41, 5.74) is -3.70. The molecule has 5 fully saturated rings. The molecule has 420 valence electrons. The maximum atomic E-state index is 8.47. The number of rotatable bonds is 14. The zero-order chi connectivity index (χ0) is 55.6. The summed E-state index contributed by atoms with van der Waals surface area (Å²) in [6, 6.07) is 18.0. The molecule has 4 atom stereocenters. The van der Waals surface area contributed by atoms with E-state index in [-0.39, 0.29) is 33.2 Å². The Bertz CT molecular complexity index is 2080. The smallest absolute Gasteiger partial charge is 0.391 e. The van der Waals surface area contributed by atoms with E-state index in [0.29, 0.717) is 0 Å². The van der Waals surface area contributed by atoms with Crippen molar-refractivity contribution in [2.75, 3.05) is 0 Å². The van der Waals surface area contributed by atoms with Crippen LogP contribution in [0.25, 0.3) is 0 Å². The maximum Gasteiger partial charge on any atom is 0.481 e. The highest BCUT2D eigenvalue weighted by Gasteiger charge is 2.84. The van der Waals surface area contributed by atoms with Crippen LogP contribution in [0.4, 0.5) is 0 Å². The standard InChI is InChI=1S/C48H96O14Si12/c1-35(2)65(47-31-27-45(28-32-47)63(21,22)23)49-67(37(5)6)53-69(39(9)10)51-66(36(3)4,48-33-29-46(30-34-48)64(24,25)26)52-70(40(11)12)54-68(50-65,38(7)8)56-72(42(15)16)59-71(55-67,41(13)14)61-73(57-69,43(17)18)60-74(58-70,62-72)44(19)20/h27-44H,1-26H3. The van der Waals surface area contributed by atoms with E-state index >= 15 is 0 Å². The molecule has 0 N–H and O–H groups in total. The predicted molar refractivity (Wildman–Crippen MR) is 322 cm³/mol. The van der Waals surface area contributed by atoms with Gasteiger partial charge < -0.3 is 57.6 Å². The van der Waals surface area contributed by atoms with Crippen LogP contribution < -0.4 is 20.7 Å². The lowest BCUT2D eigenvalue weighted by atomic mass is 10.4. The highest BCUT2D eigenvalue weighted by atomic mass is 28.6. The molecule has 2 aromatic carbocycles. The van der Waals surface area contributed by atoms with Gasteiger partial charge >= 0.3 is 87.6 Å². The van der Waals surface area contributed by atoms with E-state index in [0.717, 1.165) is 10.4 Å². The Labute approximate surface area is 460 Å². The van der Waals surface area contributed by atoms with Crippen molar-refractivity contribution in [2.45, 2.75) is 233 Å². The molecule has 2 aromatic rings. The second kappa shape index (κ2) is 20.7. The third-order valence-electron chi connectivity index (χ3n) is 15.5. The Morgan fingerprint density at radius 3 is 0.500 bits per heavy atom. The second-order valence-corrected chi connectivity index (χ2v) is 73.4. The third-order valence-corrected chi connectivity index (χ3v) is 68.4. The van der Waals surface area contributed by atoms with E-state index in [1.807, 2.05) is 0 Å². The minimum absolute atomic E-state index is 0.260. The van der Waals surface area contributed by atoms with Crippen LogP contribution in [0.5, 0.6) is 0 Å². The molecule has 0 radical (unpaired) electrons. The van der Waals surface area contributed by atoms with Crippen molar-refractivity contribution in [3.05, 3.63) is 48.5 Å². The van der Waals surface area contributed by atoms with E-state index in [9.17, 15) is 0 Å². The molecule has 8 bridgehead atoms. The number of fused-ring (bicyclic) bond motifs is 4. The molecule has 0 saturated carbocycles. The molecule has 4 unspecified atom stereocenters. The molecule has 0 amide bonds. The largest absolute Gasteiger partial charge is 0.481 e. The molecule has 5 aliphatic heterocycles. The molecular formula is C48H96O14Si12. The van der Waals surface area contributed by atoms with E-state index in [2.05, 4.69) is 226 Å². The first-order valence-electron chi connectivity index (χ1n) is 27.8. The fraction of sp³-hybridized carbons (Fsp3) is 0.750. The van der Waals surface area contributed by atoms with Gasteiger partial charge in [0, 0.05) is 55.4 Å². The average molecular weight is 1230 g/mol. The monoisotopic (exact) mass is 1230 g/mol. The number of hydrogen-bond acceptors (Lipinski definition) is 14. The SMILES string of the molecule is CC(C)[Si]12O[Si]3(C(C)C)O[Si]4(C(C)C)O[Si](C(C)C)(O1)O[Si]1(C(C)C)O[Si](C(C)C)(O4)O[Si](c4ccc([Si](C)(C)C)cc4)(C(C)C)O[Si](C(C)C)(O3)O[Si](C(C)C)(O2)O[Si](c2ccc([Si](C)(C)C)cc2)(C(C)C)O1. The summed E-state index contributed by atoms with van der Waals surface area (Å²) < 4.78 is 116. The quantitative estimate of drug-likeness (QED) is 0.166. The van der Waals surface area contributed by atoms with Gasteiger partial charge in [-0.25, -0.2) is 0 Å². The van der Waals surface area contributed by atoms with E-state index < -0.39 is 126 Å². The molecule has 5 heterocycles. The van der Waals surface area contributed by atoms with Crippen molar-refractivity contribution >= 4 is 124 Å². The Morgan fingerprint density at radius 1 is 0.230 bits per heavy atom. The molecule has 26 heteroatoms. The Morgan fingerprint density at radius 2 is 0.378 bits per heavy atom. The van der Waals surface area contributed by atoms with Crippen LogP contribution in [0.15, 0.2) is 48.5 Å². The van der Waals surface area contributed by atoms with Gasteiger partial charge in [0.15, 0.2) is 0 Å². The molecule has 7 rings (SSSR count). The van der Waals surface area contributed by atoms with Gasteiger partial charge in [-0.15, -0.1) is 0 Å². The molecule has 74 heavy (non-hydrogen) atoms. The van der Waals surface area contributed by atoms with Gasteiger partial charge in [0.25, 0.3) is 0 Å². The second-order valence-electron chi connectivity index (χ2n) is 26.8. The van der Waals surface area contributed by atoms with Gasteiger partial charge in [0.2, 0.25) is 0 Å². The normalized spacial score (nSPS) is 38.3. The van der Waals surface area contributed by atoms with Crippen LogP contribution in [0.1, 0.15) is 138 Å². The van der Waals surface area contributed by atoms with Gasteiger partial charge in [-0.05, 0) is 10.4 Å². The van der Waals surface area contributed by atoms with Crippen molar-refractivity contribution < 1.29 is 57.6 Å². The van der Waals surface area contributed by atoms with Gasteiger partial charge in [-0.3, -0.25) is 0 Å². The van der Waals surface area contributed by atoms with E-state index in [1.165, 1.54) is 10.4 Å². The van der Waals surface area contributed by atoms with Crippen LogP contribution in [-0.4, -0.2) is 104 Å². The Hall–Kier alpha value is 0.483. The highest BCUT2D eigenvalue weighted by Crippen LogP contribution is 2.59. The molecule has 0 spiro atoms. The van der Waals surface area contributed by atoms with Crippen LogP contribution in [0.2, 0.25) is 94.7 Å². The van der Waals surface area contributed by atoms with Crippen LogP contribution in [0, 0.1) is 0 Å². The number of hydrogen-bond donors (Lipinski definition) is 0. The number of benzene rings is 2. The highest BCUT2D eigenvalue weighted by molar-refractivity contribution is 7.06. The van der Waals surface area contributed by atoms with Crippen LogP contribution in [0.3, 0.4) is 0 Å². The van der Waals surface area contributed by atoms with Crippen molar-refractivity contribution in [1.29, 1.82) is 0 Å². The molecule has 0 aliphatic carbocycles. The zero-order valence-corrected chi connectivity index (χ0v) is 62.1. The summed E-state index contributed by atoms with van der Waals surface area (Å²) in [5.74, 6) is 0. The first-order valence-corrected chi connectivity index (χ1v) is 53.0. The van der Waals surface area contributed by atoms with Crippen molar-refractivity contribution in [3.63, 3.8) is 0 Å². The predicted octanol–water partition coefficient (Wildman–Crippen LogP) is 11.7. The lowest BCUT2D eigenvalue weighted by Gasteiger charge is -2.64. The Balaban J connectivity index is 1.81. The maximum absolute atomic E-state index is 8.47. The summed E-state index contributed by atoms with van der Waals surface area (Å²) in [4.78, 5) is 0. The molecule has 5 aliphatic rings. The molecule has 14 nitrogen and oxygen atoms in total.